The number of aromatic nitrogens is 2. The molecule has 1 saturated heterocycles. The molecule has 0 bridgehead atoms. The maximum Gasteiger partial charge on any atom is 0.328 e. The topological polar surface area (TPSA) is 64.1 Å². The predicted molar refractivity (Wildman–Crippen MR) is 59.9 cm³/mol. The van der Waals surface area contributed by atoms with Crippen molar-refractivity contribution in [3.8, 4) is 0 Å². The van der Waals surface area contributed by atoms with Crippen molar-refractivity contribution in [3.63, 3.8) is 0 Å². The number of halogens is 1. The number of ether oxygens (including phenoxy) is 1. The van der Waals surface area contributed by atoms with Crippen molar-refractivity contribution in [1.82, 2.24) is 9.55 Å². The van der Waals surface area contributed by atoms with Crippen molar-refractivity contribution >= 4 is 11.6 Å². The number of nitrogens with one attached hydrogen (secondary N) is 1. The molecule has 0 spiro atoms. The summed E-state index contributed by atoms with van der Waals surface area (Å²) in [5.74, 6) is 0. The van der Waals surface area contributed by atoms with Crippen molar-refractivity contribution < 1.29 is 4.74 Å². The summed E-state index contributed by atoms with van der Waals surface area (Å²) in [6, 6.07) is 0. The average molecular weight is 245 g/mol. The first-order valence-corrected chi connectivity index (χ1v) is 5.65. The molecule has 5 nitrogen and oxygen atoms in total. The van der Waals surface area contributed by atoms with Crippen molar-refractivity contribution in [2.75, 3.05) is 6.61 Å². The molecule has 0 saturated carbocycles. The number of hydrogen-bond donors (Lipinski definition) is 1. The van der Waals surface area contributed by atoms with E-state index in [1.165, 1.54) is 10.8 Å². The Morgan fingerprint density at radius 1 is 1.56 bits per heavy atom. The second-order valence-corrected chi connectivity index (χ2v) is 4.26. The summed E-state index contributed by atoms with van der Waals surface area (Å²) >= 11 is 5.65. The van der Waals surface area contributed by atoms with Gasteiger partial charge in [0.25, 0.3) is 5.56 Å². The van der Waals surface area contributed by atoms with E-state index in [9.17, 15) is 9.59 Å². The molecular formula is C10H13ClN2O3. The molecule has 1 aromatic heterocycles. The van der Waals surface area contributed by atoms with Crippen LogP contribution in [-0.2, 0) is 11.3 Å². The van der Waals surface area contributed by atoms with Crippen LogP contribution in [0.15, 0.2) is 15.8 Å². The molecule has 1 aromatic rings. The Morgan fingerprint density at radius 3 is 3.06 bits per heavy atom. The maximum atomic E-state index is 11.4. The molecule has 0 aromatic carbocycles. The van der Waals surface area contributed by atoms with E-state index in [1.807, 2.05) is 0 Å². The van der Waals surface area contributed by atoms with Gasteiger partial charge in [-0.2, -0.15) is 0 Å². The van der Waals surface area contributed by atoms with Crippen LogP contribution in [-0.4, -0.2) is 22.3 Å². The number of aromatic amines is 1. The number of nitrogens with zero attached hydrogens (tertiary/aromatic N) is 1. The van der Waals surface area contributed by atoms with Crippen molar-refractivity contribution in [3.05, 3.63) is 32.1 Å². The fourth-order valence-electron chi connectivity index (χ4n) is 1.80. The van der Waals surface area contributed by atoms with Gasteiger partial charge in [-0.1, -0.05) is 11.6 Å². The fraction of sp³-hybridized carbons (Fsp3) is 0.600. The van der Waals surface area contributed by atoms with E-state index in [4.69, 9.17) is 16.3 Å². The first kappa shape index (κ1) is 11.4. The Balaban J connectivity index is 2.06. The lowest BCUT2D eigenvalue weighted by Crippen LogP contribution is -2.30. The number of rotatable bonds is 3. The molecule has 1 atom stereocenters. The third-order valence-corrected chi connectivity index (χ3v) is 2.95. The van der Waals surface area contributed by atoms with E-state index >= 15 is 0 Å². The van der Waals surface area contributed by atoms with Crippen LogP contribution < -0.4 is 11.2 Å². The SMILES string of the molecule is O=c1[nH]c(=O)n(CCC2CCCO2)cc1Cl. The Kier molecular flexibility index (Phi) is 3.46. The van der Waals surface area contributed by atoms with Gasteiger partial charge in [-0.25, -0.2) is 4.79 Å². The summed E-state index contributed by atoms with van der Waals surface area (Å²) in [5, 5.41) is 0.0342. The number of hydrogen-bond acceptors (Lipinski definition) is 3. The quantitative estimate of drug-likeness (QED) is 0.854. The number of H-pyrrole nitrogens is 1. The van der Waals surface area contributed by atoms with Gasteiger partial charge in [-0.15, -0.1) is 0 Å². The van der Waals surface area contributed by atoms with Gasteiger partial charge in [0.2, 0.25) is 0 Å². The number of aryl methyl sites for hydroxylation is 1. The molecule has 2 heterocycles. The van der Waals surface area contributed by atoms with Crippen molar-refractivity contribution in [2.24, 2.45) is 0 Å². The van der Waals surface area contributed by atoms with Gasteiger partial charge < -0.3 is 4.74 Å². The minimum atomic E-state index is -0.542. The van der Waals surface area contributed by atoms with Crippen molar-refractivity contribution in [1.29, 1.82) is 0 Å². The van der Waals surface area contributed by atoms with Gasteiger partial charge in [0.05, 0.1) is 6.10 Å². The summed E-state index contributed by atoms with van der Waals surface area (Å²) in [4.78, 5) is 24.6. The Morgan fingerprint density at radius 2 is 2.38 bits per heavy atom. The first-order chi connectivity index (χ1) is 7.66. The van der Waals surface area contributed by atoms with E-state index in [-0.39, 0.29) is 11.1 Å². The zero-order chi connectivity index (χ0) is 11.5. The normalized spacial score (nSPS) is 20.2. The van der Waals surface area contributed by atoms with Gasteiger partial charge in [0.1, 0.15) is 5.02 Å². The second kappa shape index (κ2) is 4.84. The molecule has 1 fully saturated rings. The van der Waals surface area contributed by atoms with Crippen LogP contribution in [0, 0.1) is 0 Å². The third-order valence-electron chi connectivity index (χ3n) is 2.68. The van der Waals surface area contributed by atoms with E-state index in [2.05, 4.69) is 4.98 Å². The van der Waals surface area contributed by atoms with Crippen molar-refractivity contribution in [2.45, 2.75) is 31.9 Å². The molecule has 88 valence electrons. The Hall–Kier alpha value is -1.07. The van der Waals surface area contributed by atoms with Gasteiger partial charge >= 0.3 is 5.69 Å². The summed E-state index contributed by atoms with van der Waals surface area (Å²) in [5.41, 5.74) is -0.965. The molecule has 16 heavy (non-hydrogen) atoms. The molecule has 1 N–H and O–H groups in total. The van der Waals surface area contributed by atoms with Crippen LogP contribution in [0.3, 0.4) is 0 Å². The monoisotopic (exact) mass is 244 g/mol. The summed E-state index contributed by atoms with van der Waals surface area (Å²) < 4.78 is 6.86. The molecular weight excluding hydrogens is 232 g/mol. The van der Waals surface area contributed by atoms with Gasteiger partial charge in [0, 0.05) is 19.3 Å². The van der Waals surface area contributed by atoms with Crippen LogP contribution in [0.25, 0.3) is 0 Å². The van der Waals surface area contributed by atoms with Gasteiger partial charge in [-0.05, 0) is 19.3 Å². The lowest BCUT2D eigenvalue weighted by Gasteiger charge is -2.10. The van der Waals surface area contributed by atoms with Crippen LogP contribution in [0.2, 0.25) is 5.02 Å². The molecule has 1 unspecified atom stereocenters. The lowest BCUT2D eigenvalue weighted by atomic mass is 10.2. The molecule has 1 aliphatic rings. The largest absolute Gasteiger partial charge is 0.378 e. The highest BCUT2D eigenvalue weighted by Gasteiger charge is 2.15. The van der Waals surface area contributed by atoms with Crippen LogP contribution in [0.4, 0.5) is 0 Å². The highest BCUT2D eigenvalue weighted by molar-refractivity contribution is 6.30. The molecule has 0 radical (unpaired) electrons. The minimum absolute atomic E-state index is 0.0342. The lowest BCUT2D eigenvalue weighted by molar-refractivity contribution is 0.1000. The fourth-order valence-corrected chi connectivity index (χ4v) is 1.97. The average Bonchev–Trinajstić information content (AvgIpc) is 2.74. The van der Waals surface area contributed by atoms with Crippen LogP contribution in [0.1, 0.15) is 19.3 Å². The zero-order valence-electron chi connectivity index (χ0n) is 8.74. The van der Waals surface area contributed by atoms with E-state index in [0.717, 1.165) is 25.9 Å². The zero-order valence-corrected chi connectivity index (χ0v) is 9.50. The second-order valence-electron chi connectivity index (χ2n) is 3.85. The summed E-state index contributed by atoms with van der Waals surface area (Å²) in [7, 11) is 0. The molecule has 6 heteroatoms. The third kappa shape index (κ3) is 2.54. The first-order valence-electron chi connectivity index (χ1n) is 5.27. The predicted octanol–water partition coefficient (Wildman–Crippen LogP) is 0.759. The smallest absolute Gasteiger partial charge is 0.328 e. The van der Waals surface area contributed by atoms with Crippen LogP contribution >= 0.6 is 11.6 Å². The molecule has 2 rings (SSSR count). The Labute approximate surface area is 97.0 Å². The molecule has 0 amide bonds. The summed E-state index contributed by atoms with van der Waals surface area (Å²) in [6.07, 6.45) is 4.47. The highest BCUT2D eigenvalue weighted by Crippen LogP contribution is 2.15. The van der Waals surface area contributed by atoms with E-state index in [1.54, 1.807) is 0 Å². The molecule has 0 aliphatic carbocycles. The highest BCUT2D eigenvalue weighted by atomic mass is 35.5. The standard InChI is InChI=1S/C10H13ClN2O3/c11-8-6-13(10(15)12-9(8)14)4-3-7-2-1-5-16-7/h6-7H,1-5H2,(H,12,14,15). The van der Waals surface area contributed by atoms with Crippen LogP contribution in [0.5, 0.6) is 0 Å². The van der Waals surface area contributed by atoms with E-state index in [0.29, 0.717) is 6.54 Å². The van der Waals surface area contributed by atoms with E-state index < -0.39 is 11.2 Å². The summed E-state index contributed by atoms with van der Waals surface area (Å²) in [6.45, 7) is 1.31. The minimum Gasteiger partial charge on any atom is -0.378 e. The van der Waals surface area contributed by atoms with Gasteiger partial charge in [0.15, 0.2) is 0 Å². The van der Waals surface area contributed by atoms with Gasteiger partial charge in [-0.3, -0.25) is 14.3 Å². The Bertz CT molecular complexity index is 474. The molecule has 1 aliphatic heterocycles. The maximum absolute atomic E-state index is 11.4.